The standard InChI is InChI=1S/C19H22F3N3O2/c1-24-12-17(23-13-24)18(26)25(15-7-3-2-4-8-15)11-14-6-5-9-16(10-14)27-19(20,21)22/h5-6,9-10,12-13,15H,2-4,7-8,11H2,1H3. The van der Waals surface area contributed by atoms with E-state index in [1.165, 1.54) is 18.2 Å². The first kappa shape index (κ1) is 19.3. The number of benzene rings is 1. The summed E-state index contributed by atoms with van der Waals surface area (Å²) < 4.78 is 43.1. The molecule has 1 fully saturated rings. The molecule has 1 heterocycles. The van der Waals surface area contributed by atoms with E-state index in [1.807, 2.05) is 0 Å². The van der Waals surface area contributed by atoms with Gasteiger partial charge in [0.2, 0.25) is 0 Å². The Morgan fingerprint density at radius 1 is 1.30 bits per heavy atom. The SMILES string of the molecule is Cn1cnc(C(=O)N(Cc2cccc(OC(F)(F)F)c2)C2CCCCC2)c1. The Morgan fingerprint density at radius 2 is 2.04 bits per heavy atom. The molecule has 0 unspecified atom stereocenters. The quantitative estimate of drug-likeness (QED) is 0.776. The van der Waals surface area contributed by atoms with Gasteiger partial charge in [0.05, 0.1) is 6.33 Å². The maximum absolute atomic E-state index is 13.0. The first-order chi connectivity index (χ1) is 12.8. The molecule has 2 aromatic rings. The Labute approximate surface area is 155 Å². The van der Waals surface area contributed by atoms with Crippen LogP contribution in [0.4, 0.5) is 13.2 Å². The van der Waals surface area contributed by atoms with Crippen molar-refractivity contribution < 1.29 is 22.7 Å². The molecule has 1 aliphatic rings. The van der Waals surface area contributed by atoms with Crippen LogP contribution < -0.4 is 4.74 Å². The van der Waals surface area contributed by atoms with Crippen LogP contribution in [0.3, 0.4) is 0 Å². The number of aryl methyl sites for hydroxylation is 1. The molecule has 0 spiro atoms. The zero-order chi connectivity index (χ0) is 19.4. The highest BCUT2D eigenvalue weighted by Crippen LogP contribution is 2.27. The number of rotatable bonds is 5. The molecule has 27 heavy (non-hydrogen) atoms. The molecule has 5 nitrogen and oxygen atoms in total. The van der Waals surface area contributed by atoms with Gasteiger partial charge in [-0.25, -0.2) is 4.98 Å². The highest BCUT2D eigenvalue weighted by Gasteiger charge is 2.31. The van der Waals surface area contributed by atoms with Crippen molar-refractivity contribution in [2.45, 2.75) is 51.1 Å². The predicted octanol–water partition coefficient (Wildman–Crippen LogP) is 4.29. The largest absolute Gasteiger partial charge is 0.573 e. The van der Waals surface area contributed by atoms with Gasteiger partial charge in [0.25, 0.3) is 5.91 Å². The van der Waals surface area contributed by atoms with Gasteiger partial charge in [0.15, 0.2) is 0 Å². The van der Waals surface area contributed by atoms with Crippen LogP contribution in [-0.4, -0.2) is 32.8 Å². The van der Waals surface area contributed by atoms with Gasteiger partial charge in [-0.3, -0.25) is 4.79 Å². The topological polar surface area (TPSA) is 47.4 Å². The molecule has 0 atom stereocenters. The number of halogens is 3. The predicted molar refractivity (Wildman–Crippen MR) is 93.1 cm³/mol. The number of hydrogen-bond acceptors (Lipinski definition) is 3. The maximum Gasteiger partial charge on any atom is 0.573 e. The Morgan fingerprint density at radius 3 is 2.67 bits per heavy atom. The zero-order valence-corrected chi connectivity index (χ0v) is 15.1. The summed E-state index contributed by atoms with van der Waals surface area (Å²) in [5.41, 5.74) is 0.928. The molecule has 0 radical (unpaired) electrons. The number of aromatic nitrogens is 2. The third kappa shape index (κ3) is 5.24. The minimum Gasteiger partial charge on any atom is -0.406 e. The first-order valence-corrected chi connectivity index (χ1v) is 8.95. The van der Waals surface area contributed by atoms with Crippen molar-refractivity contribution in [2.24, 2.45) is 7.05 Å². The minimum absolute atomic E-state index is 0.0560. The first-order valence-electron chi connectivity index (χ1n) is 8.95. The Balaban J connectivity index is 1.83. The van der Waals surface area contributed by atoms with Gasteiger partial charge < -0.3 is 14.2 Å². The van der Waals surface area contributed by atoms with Crippen LogP contribution in [0.25, 0.3) is 0 Å². The second-order valence-electron chi connectivity index (χ2n) is 6.84. The molecule has 1 aromatic carbocycles. The van der Waals surface area contributed by atoms with Crippen LogP contribution in [0.5, 0.6) is 5.75 Å². The summed E-state index contributed by atoms with van der Waals surface area (Å²) in [5.74, 6) is -0.487. The molecule has 8 heteroatoms. The molecule has 3 rings (SSSR count). The molecule has 1 amide bonds. The van der Waals surface area contributed by atoms with E-state index in [4.69, 9.17) is 0 Å². The summed E-state index contributed by atoms with van der Waals surface area (Å²) in [4.78, 5) is 18.9. The molecule has 1 aromatic heterocycles. The van der Waals surface area contributed by atoms with E-state index in [0.29, 0.717) is 11.3 Å². The van der Waals surface area contributed by atoms with Crippen LogP contribution in [0.1, 0.15) is 48.2 Å². The Hall–Kier alpha value is -2.51. The normalized spacial score (nSPS) is 15.6. The van der Waals surface area contributed by atoms with Gasteiger partial charge in [-0.15, -0.1) is 13.2 Å². The highest BCUT2D eigenvalue weighted by molar-refractivity contribution is 5.92. The van der Waals surface area contributed by atoms with Gasteiger partial charge >= 0.3 is 6.36 Å². The molecule has 146 valence electrons. The van der Waals surface area contributed by atoms with Gasteiger partial charge in [0, 0.05) is 25.8 Å². The van der Waals surface area contributed by atoms with Crippen molar-refractivity contribution in [3.05, 3.63) is 48.0 Å². The summed E-state index contributed by atoms with van der Waals surface area (Å²) in [6.07, 6.45) is 3.45. The molecule has 0 aliphatic heterocycles. The van der Waals surface area contributed by atoms with E-state index in [2.05, 4.69) is 9.72 Å². The fourth-order valence-electron chi connectivity index (χ4n) is 3.47. The highest BCUT2D eigenvalue weighted by atomic mass is 19.4. The number of carbonyl (C=O) groups excluding carboxylic acids is 1. The number of hydrogen-bond donors (Lipinski definition) is 0. The van der Waals surface area contributed by atoms with E-state index in [9.17, 15) is 18.0 Å². The van der Waals surface area contributed by atoms with Gasteiger partial charge in [0.1, 0.15) is 11.4 Å². The molecule has 1 aliphatic carbocycles. The maximum atomic E-state index is 13.0. The van der Waals surface area contributed by atoms with Crippen LogP contribution >= 0.6 is 0 Å². The summed E-state index contributed by atoms with van der Waals surface area (Å²) in [7, 11) is 1.78. The lowest BCUT2D eigenvalue weighted by Gasteiger charge is -2.34. The van der Waals surface area contributed by atoms with Crippen molar-refractivity contribution in [2.75, 3.05) is 0 Å². The third-order valence-electron chi connectivity index (χ3n) is 4.69. The van der Waals surface area contributed by atoms with Crippen molar-refractivity contribution in [3.63, 3.8) is 0 Å². The summed E-state index contributed by atoms with van der Waals surface area (Å²) >= 11 is 0. The zero-order valence-electron chi connectivity index (χ0n) is 15.1. The number of alkyl halides is 3. The monoisotopic (exact) mass is 381 g/mol. The van der Waals surface area contributed by atoms with Gasteiger partial charge in [-0.1, -0.05) is 31.4 Å². The van der Waals surface area contributed by atoms with E-state index in [-0.39, 0.29) is 24.2 Å². The van der Waals surface area contributed by atoms with Crippen molar-refractivity contribution >= 4 is 5.91 Å². The van der Waals surface area contributed by atoms with Crippen molar-refractivity contribution in [1.29, 1.82) is 0 Å². The average Bonchev–Trinajstić information content (AvgIpc) is 3.05. The number of ether oxygens (including phenoxy) is 1. The van der Waals surface area contributed by atoms with Crippen LogP contribution in [0.15, 0.2) is 36.8 Å². The molecular weight excluding hydrogens is 359 g/mol. The number of amides is 1. The Kier molecular flexibility index (Phi) is 5.72. The lowest BCUT2D eigenvalue weighted by Crippen LogP contribution is -2.41. The fraction of sp³-hybridized carbons (Fsp3) is 0.474. The summed E-state index contributed by atoms with van der Waals surface area (Å²) in [6.45, 7) is 0.217. The fourth-order valence-corrected chi connectivity index (χ4v) is 3.47. The van der Waals surface area contributed by atoms with Crippen LogP contribution in [0.2, 0.25) is 0 Å². The number of carbonyl (C=O) groups is 1. The second kappa shape index (κ2) is 8.02. The summed E-state index contributed by atoms with van der Waals surface area (Å²) in [5, 5.41) is 0. The van der Waals surface area contributed by atoms with Crippen molar-refractivity contribution in [1.82, 2.24) is 14.5 Å². The molecule has 0 N–H and O–H groups in total. The van der Waals surface area contributed by atoms with E-state index in [0.717, 1.165) is 32.1 Å². The minimum atomic E-state index is -4.74. The lowest BCUT2D eigenvalue weighted by atomic mass is 9.93. The van der Waals surface area contributed by atoms with Crippen LogP contribution in [0, 0.1) is 0 Å². The van der Waals surface area contributed by atoms with E-state index in [1.54, 1.807) is 35.1 Å². The van der Waals surface area contributed by atoms with E-state index >= 15 is 0 Å². The molecular formula is C19H22F3N3O2. The molecule has 0 bridgehead atoms. The third-order valence-corrected chi connectivity index (χ3v) is 4.69. The number of nitrogens with zero attached hydrogens (tertiary/aromatic N) is 3. The smallest absolute Gasteiger partial charge is 0.406 e. The van der Waals surface area contributed by atoms with Crippen molar-refractivity contribution in [3.8, 4) is 5.75 Å². The Bertz CT molecular complexity index is 783. The molecule has 0 saturated heterocycles. The van der Waals surface area contributed by atoms with Gasteiger partial charge in [-0.05, 0) is 30.5 Å². The number of imidazole rings is 1. The summed E-state index contributed by atoms with van der Waals surface area (Å²) in [6, 6.07) is 5.84. The molecule has 1 saturated carbocycles. The van der Waals surface area contributed by atoms with Crippen LogP contribution in [-0.2, 0) is 13.6 Å². The van der Waals surface area contributed by atoms with E-state index < -0.39 is 6.36 Å². The second-order valence-corrected chi connectivity index (χ2v) is 6.84. The lowest BCUT2D eigenvalue weighted by molar-refractivity contribution is -0.274. The van der Waals surface area contributed by atoms with Gasteiger partial charge in [-0.2, -0.15) is 0 Å². The average molecular weight is 381 g/mol.